The molecule has 1 fully saturated rings. The SMILES string of the molecule is CN1CCN(C2=NC(=O)/C(=C\c3ccc4c(cnn4Cc4ccc(Cl)cc4C(F)(F)F)c3)S2)CC1CO. The lowest BCUT2D eigenvalue weighted by Crippen LogP contribution is -2.53. The molecule has 0 saturated carbocycles. The number of alkyl halides is 3. The number of aromatic nitrogens is 2. The molecule has 37 heavy (non-hydrogen) atoms. The van der Waals surface area contributed by atoms with Crippen molar-refractivity contribution in [2.24, 2.45) is 4.99 Å². The number of aliphatic hydroxyl groups is 1. The third-order valence-electron chi connectivity index (χ3n) is 6.53. The summed E-state index contributed by atoms with van der Waals surface area (Å²) >= 11 is 7.09. The van der Waals surface area contributed by atoms with Crippen molar-refractivity contribution in [3.05, 3.63) is 69.2 Å². The number of amides is 1. The number of aliphatic hydroxyl groups excluding tert-OH is 1. The van der Waals surface area contributed by atoms with Crippen LogP contribution in [-0.4, -0.2) is 75.1 Å². The highest BCUT2D eigenvalue weighted by Crippen LogP contribution is 2.35. The van der Waals surface area contributed by atoms with Crippen molar-refractivity contribution in [2.75, 3.05) is 33.3 Å². The molecular formula is C25H23ClF3N5O2S. The molecule has 1 aromatic heterocycles. The Balaban J connectivity index is 1.34. The highest BCUT2D eigenvalue weighted by Gasteiger charge is 2.34. The number of piperazine rings is 1. The van der Waals surface area contributed by atoms with E-state index in [4.69, 9.17) is 11.6 Å². The molecule has 1 amide bonds. The Kier molecular flexibility index (Phi) is 7.06. The molecule has 5 rings (SSSR count). The summed E-state index contributed by atoms with van der Waals surface area (Å²) in [4.78, 5) is 21.4. The first kappa shape index (κ1) is 25.8. The highest BCUT2D eigenvalue weighted by atomic mass is 35.5. The molecule has 0 aliphatic carbocycles. The van der Waals surface area contributed by atoms with Crippen LogP contribution in [0.2, 0.25) is 5.02 Å². The van der Waals surface area contributed by atoms with Crippen LogP contribution in [0.15, 0.2) is 52.5 Å². The fourth-order valence-electron chi connectivity index (χ4n) is 4.43. The van der Waals surface area contributed by atoms with E-state index >= 15 is 0 Å². The zero-order valence-corrected chi connectivity index (χ0v) is 21.3. The Bertz CT molecular complexity index is 1420. The lowest BCUT2D eigenvalue weighted by Gasteiger charge is -2.39. The number of amidine groups is 1. The molecule has 12 heteroatoms. The summed E-state index contributed by atoms with van der Waals surface area (Å²) in [6, 6.07) is 9.11. The fourth-order valence-corrected chi connectivity index (χ4v) is 5.55. The van der Waals surface area contributed by atoms with Gasteiger partial charge in [-0.15, -0.1) is 0 Å². The first-order chi connectivity index (χ1) is 17.6. The second kappa shape index (κ2) is 10.1. The van der Waals surface area contributed by atoms with E-state index in [9.17, 15) is 23.1 Å². The standard InChI is InChI=1S/C25H23ClF3N5O2S/c1-32-6-7-33(13-19(32)14-35)24-31-23(36)22(37-24)9-15-2-5-21-17(8-15)11-30-34(21)12-16-3-4-18(26)10-20(16)25(27,28)29/h2-5,8-11,19,35H,6-7,12-14H2,1H3/b22-9+. The number of hydrogen-bond donors (Lipinski definition) is 1. The second-order valence-electron chi connectivity index (χ2n) is 8.99. The van der Waals surface area contributed by atoms with Crippen LogP contribution in [0.25, 0.3) is 17.0 Å². The average Bonchev–Trinajstić information content (AvgIpc) is 3.42. The van der Waals surface area contributed by atoms with Crippen molar-refractivity contribution in [1.82, 2.24) is 19.6 Å². The van der Waals surface area contributed by atoms with Crippen LogP contribution in [-0.2, 0) is 17.5 Å². The summed E-state index contributed by atoms with van der Waals surface area (Å²) < 4.78 is 42.0. The quantitative estimate of drug-likeness (QED) is 0.488. The Morgan fingerprint density at radius 1 is 1.22 bits per heavy atom. The first-order valence-corrected chi connectivity index (χ1v) is 12.7. The maximum atomic E-state index is 13.5. The Morgan fingerprint density at radius 3 is 2.78 bits per heavy atom. The number of thioether (sulfide) groups is 1. The van der Waals surface area contributed by atoms with Crippen LogP contribution < -0.4 is 0 Å². The summed E-state index contributed by atoms with van der Waals surface area (Å²) in [5.74, 6) is -0.322. The molecule has 1 N–H and O–H groups in total. The molecule has 1 atom stereocenters. The number of carbonyl (C=O) groups is 1. The summed E-state index contributed by atoms with van der Waals surface area (Å²) in [6.07, 6.45) is -1.19. The van der Waals surface area contributed by atoms with Gasteiger partial charge < -0.3 is 10.0 Å². The van der Waals surface area contributed by atoms with Crippen molar-refractivity contribution < 1.29 is 23.1 Å². The summed E-state index contributed by atoms with van der Waals surface area (Å²) in [5, 5.41) is 15.3. The molecule has 1 unspecified atom stereocenters. The number of carbonyl (C=O) groups excluding carboxylic acids is 1. The van der Waals surface area contributed by atoms with Crippen molar-refractivity contribution >= 4 is 51.4 Å². The number of fused-ring (bicyclic) bond motifs is 1. The van der Waals surface area contributed by atoms with E-state index in [1.165, 1.54) is 28.6 Å². The summed E-state index contributed by atoms with van der Waals surface area (Å²) in [5.41, 5.74) is 0.704. The monoisotopic (exact) mass is 549 g/mol. The number of benzene rings is 2. The first-order valence-electron chi connectivity index (χ1n) is 11.5. The van der Waals surface area contributed by atoms with E-state index in [-0.39, 0.29) is 35.7 Å². The zero-order valence-electron chi connectivity index (χ0n) is 19.7. The van der Waals surface area contributed by atoms with Crippen molar-refractivity contribution in [1.29, 1.82) is 0 Å². The number of hydrogen-bond acceptors (Lipinski definition) is 6. The Morgan fingerprint density at radius 2 is 2.03 bits per heavy atom. The van der Waals surface area contributed by atoms with Gasteiger partial charge in [-0.3, -0.25) is 14.4 Å². The number of rotatable bonds is 4. The maximum absolute atomic E-state index is 13.5. The number of halogens is 4. The van der Waals surface area contributed by atoms with Gasteiger partial charge in [0, 0.05) is 30.0 Å². The van der Waals surface area contributed by atoms with Gasteiger partial charge in [0.25, 0.3) is 5.91 Å². The van der Waals surface area contributed by atoms with Gasteiger partial charge in [-0.1, -0.05) is 23.7 Å². The van der Waals surface area contributed by atoms with Gasteiger partial charge in [0.1, 0.15) is 0 Å². The third kappa shape index (κ3) is 5.40. The van der Waals surface area contributed by atoms with Gasteiger partial charge in [0.05, 0.1) is 41.4 Å². The van der Waals surface area contributed by atoms with Crippen LogP contribution in [0, 0.1) is 0 Å². The fraction of sp³-hybridized carbons (Fsp3) is 0.320. The van der Waals surface area contributed by atoms with Gasteiger partial charge >= 0.3 is 6.18 Å². The molecule has 0 bridgehead atoms. The van der Waals surface area contributed by atoms with E-state index in [2.05, 4.69) is 15.0 Å². The molecule has 3 aromatic rings. The Labute approximate surface area is 220 Å². The molecule has 7 nitrogen and oxygen atoms in total. The summed E-state index contributed by atoms with van der Waals surface area (Å²) in [7, 11) is 1.96. The minimum atomic E-state index is -4.53. The molecule has 2 aromatic carbocycles. The van der Waals surface area contributed by atoms with Gasteiger partial charge in [-0.25, -0.2) is 0 Å². The lowest BCUT2D eigenvalue weighted by atomic mass is 10.1. The van der Waals surface area contributed by atoms with Crippen molar-refractivity contribution in [3.8, 4) is 0 Å². The van der Waals surface area contributed by atoms with Crippen molar-refractivity contribution in [2.45, 2.75) is 18.8 Å². The van der Waals surface area contributed by atoms with Crippen LogP contribution in [0.1, 0.15) is 16.7 Å². The molecule has 3 heterocycles. The van der Waals surface area contributed by atoms with E-state index in [0.29, 0.717) is 28.7 Å². The van der Waals surface area contributed by atoms with Crippen LogP contribution in [0.3, 0.4) is 0 Å². The minimum Gasteiger partial charge on any atom is -0.395 e. The maximum Gasteiger partial charge on any atom is 0.416 e. The van der Waals surface area contributed by atoms with Gasteiger partial charge in [-0.2, -0.15) is 23.3 Å². The average molecular weight is 550 g/mol. The van der Waals surface area contributed by atoms with E-state index < -0.39 is 11.7 Å². The van der Waals surface area contributed by atoms with Gasteiger partial charge in [0.2, 0.25) is 0 Å². The normalized spacial score (nSPS) is 20.3. The molecule has 1 saturated heterocycles. The topological polar surface area (TPSA) is 74.0 Å². The van der Waals surface area contributed by atoms with Gasteiger partial charge in [-0.05, 0) is 60.3 Å². The van der Waals surface area contributed by atoms with Crippen LogP contribution in [0.4, 0.5) is 13.2 Å². The Hall–Kier alpha value is -2.86. The predicted molar refractivity (Wildman–Crippen MR) is 138 cm³/mol. The van der Waals surface area contributed by atoms with Crippen LogP contribution >= 0.6 is 23.4 Å². The molecule has 2 aliphatic heterocycles. The van der Waals surface area contributed by atoms with E-state index in [1.807, 2.05) is 18.0 Å². The largest absolute Gasteiger partial charge is 0.416 e. The zero-order chi connectivity index (χ0) is 26.3. The van der Waals surface area contributed by atoms with E-state index in [0.717, 1.165) is 23.6 Å². The molecule has 0 spiro atoms. The van der Waals surface area contributed by atoms with Gasteiger partial charge in [0.15, 0.2) is 5.17 Å². The summed E-state index contributed by atoms with van der Waals surface area (Å²) in [6.45, 7) is 2.04. The molecular weight excluding hydrogens is 527 g/mol. The van der Waals surface area contributed by atoms with E-state index in [1.54, 1.807) is 24.4 Å². The molecule has 2 aliphatic rings. The number of aliphatic imine (C=N–C) groups is 1. The molecule has 194 valence electrons. The molecule has 0 radical (unpaired) electrons. The lowest BCUT2D eigenvalue weighted by molar-refractivity contribution is -0.138. The second-order valence-corrected chi connectivity index (χ2v) is 10.4. The highest BCUT2D eigenvalue weighted by molar-refractivity contribution is 8.18. The smallest absolute Gasteiger partial charge is 0.395 e. The minimum absolute atomic E-state index is 0.0146. The van der Waals surface area contributed by atoms with Crippen molar-refractivity contribution in [3.63, 3.8) is 0 Å². The number of nitrogens with zero attached hydrogens (tertiary/aromatic N) is 5. The third-order valence-corrected chi connectivity index (χ3v) is 7.81. The number of likely N-dealkylation sites (N-methyl/N-ethyl adjacent to an activating group) is 1. The predicted octanol–water partition coefficient (Wildman–Crippen LogP) is 4.34. The van der Waals surface area contributed by atoms with Crippen LogP contribution in [0.5, 0.6) is 0 Å².